The van der Waals surface area contributed by atoms with E-state index < -0.39 is 5.97 Å². The fraction of sp³-hybridized carbons (Fsp3) is 0.933. The SMILES string of the molecule is CC(C)(CNC1CCC(C(=O)O)CC1)C1CCC1. The van der Waals surface area contributed by atoms with E-state index in [9.17, 15) is 4.79 Å². The summed E-state index contributed by atoms with van der Waals surface area (Å²) >= 11 is 0. The van der Waals surface area contributed by atoms with Crippen molar-refractivity contribution in [3.63, 3.8) is 0 Å². The Kier molecular flexibility index (Phi) is 4.31. The van der Waals surface area contributed by atoms with Gasteiger partial charge in [-0.25, -0.2) is 0 Å². The molecule has 0 bridgehead atoms. The molecule has 2 aliphatic rings. The highest BCUT2D eigenvalue weighted by molar-refractivity contribution is 5.70. The molecule has 0 spiro atoms. The third kappa shape index (κ3) is 3.25. The van der Waals surface area contributed by atoms with Gasteiger partial charge in [0.05, 0.1) is 5.92 Å². The molecular weight excluding hydrogens is 226 g/mol. The van der Waals surface area contributed by atoms with Crippen LogP contribution >= 0.6 is 0 Å². The Labute approximate surface area is 110 Å². The fourth-order valence-electron chi connectivity index (χ4n) is 3.29. The Morgan fingerprint density at radius 3 is 2.22 bits per heavy atom. The van der Waals surface area contributed by atoms with Crippen LogP contribution in [0.5, 0.6) is 0 Å². The van der Waals surface area contributed by atoms with E-state index in [2.05, 4.69) is 19.2 Å². The van der Waals surface area contributed by atoms with Gasteiger partial charge >= 0.3 is 5.97 Å². The summed E-state index contributed by atoms with van der Waals surface area (Å²) in [5.41, 5.74) is 0.405. The quantitative estimate of drug-likeness (QED) is 0.791. The maximum Gasteiger partial charge on any atom is 0.306 e. The Hall–Kier alpha value is -0.570. The number of hydrogen-bond acceptors (Lipinski definition) is 2. The Balaban J connectivity index is 1.70. The molecule has 2 saturated carbocycles. The van der Waals surface area contributed by atoms with Crippen molar-refractivity contribution in [1.82, 2.24) is 5.32 Å². The summed E-state index contributed by atoms with van der Waals surface area (Å²) < 4.78 is 0. The number of carbonyl (C=O) groups is 1. The largest absolute Gasteiger partial charge is 0.481 e. The van der Waals surface area contributed by atoms with Gasteiger partial charge < -0.3 is 10.4 Å². The predicted molar refractivity (Wildman–Crippen MR) is 72.5 cm³/mol. The van der Waals surface area contributed by atoms with Crippen LogP contribution in [0.1, 0.15) is 58.8 Å². The van der Waals surface area contributed by atoms with E-state index >= 15 is 0 Å². The minimum Gasteiger partial charge on any atom is -0.481 e. The van der Waals surface area contributed by atoms with Crippen LogP contribution in [0.15, 0.2) is 0 Å². The molecule has 0 aliphatic heterocycles. The zero-order chi connectivity index (χ0) is 13.2. The highest BCUT2D eigenvalue weighted by Gasteiger charge is 2.34. The molecule has 18 heavy (non-hydrogen) atoms. The lowest BCUT2D eigenvalue weighted by Gasteiger charge is -2.42. The molecule has 0 aromatic rings. The standard InChI is InChI=1S/C15H27NO2/c1-15(2,12-4-3-5-12)10-16-13-8-6-11(7-9-13)14(17)18/h11-13,16H,3-10H2,1-2H3,(H,17,18). The van der Waals surface area contributed by atoms with Gasteiger partial charge in [-0.2, -0.15) is 0 Å². The van der Waals surface area contributed by atoms with Crippen LogP contribution in [0.2, 0.25) is 0 Å². The molecule has 2 rings (SSSR count). The van der Waals surface area contributed by atoms with Crippen LogP contribution in [0, 0.1) is 17.3 Å². The van der Waals surface area contributed by atoms with Crippen LogP contribution in [0.4, 0.5) is 0 Å². The number of hydrogen-bond donors (Lipinski definition) is 2. The summed E-state index contributed by atoms with van der Waals surface area (Å²) in [6.45, 7) is 5.82. The molecule has 3 heteroatoms. The fourth-order valence-corrected chi connectivity index (χ4v) is 3.29. The first-order valence-electron chi connectivity index (χ1n) is 7.45. The van der Waals surface area contributed by atoms with Crippen molar-refractivity contribution in [2.75, 3.05) is 6.54 Å². The maximum atomic E-state index is 10.9. The average molecular weight is 253 g/mol. The Morgan fingerprint density at radius 2 is 1.78 bits per heavy atom. The molecule has 0 saturated heterocycles. The smallest absolute Gasteiger partial charge is 0.306 e. The van der Waals surface area contributed by atoms with Crippen molar-refractivity contribution < 1.29 is 9.90 Å². The van der Waals surface area contributed by atoms with Gasteiger partial charge in [0.15, 0.2) is 0 Å². The first kappa shape index (κ1) is 13.9. The van der Waals surface area contributed by atoms with E-state index in [-0.39, 0.29) is 5.92 Å². The van der Waals surface area contributed by atoms with Crippen LogP contribution in [-0.4, -0.2) is 23.7 Å². The second kappa shape index (κ2) is 5.60. The van der Waals surface area contributed by atoms with E-state index in [0.717, 1.165) is 38.1 Å². The van der Waals surface area contributed by atoms with Crippen LogP contribution in [0.25, 0.3) is 0 Å². The number of carboxylic acids is 1. The second-order valence-electron chi connectivity index (χ2n) is 6.88. The molecule has 104 valence electrons. The van der Waals surface area contributed by atoms with E-state index in [4.69, 9.17) is 5.11 Å². The summed E-state index contributed by atoms with van der Waals surface area (Å²) in [6, 6.07) is 0.542. The molecular formula is C15H27NO2. The average Bonchev–Trinajstić information content (AvgIpc) is 2.24. The van der Waals surface area contributed by atoms with Gasteiger partial charge in [-0.3, -0.25) is 4.79 Å². The molecule has 2 fully saturated rings. The summed E-state index contributed by atoms with van der Waals surface area (Å²) in [7, 11) is 0. The number of carboxylic acid groups (broad SMARTS) is 1. The maximum absolute atomic E-state index is 10.9. The topological polar surface area (TPSA) is 49.3 Å². The molecule has 0 amide bonds. The third-order valence-corrected chi connectivity index (χ3v) is 5.13. The first-order chi connectivity index (χ1) is 8.49. The van der Waals surface area contributed by atoms with E-state index in [1.807, 2.05) is 0 Å². The first-order valence-corrected chi connectivity index (χ1v) is 7.45. The van der Waals surface area contributed by atoms with Gasteiger partial charge in [0.2, 0.25) is 0 Å². The van der Waals surface area contributed by atoms with Crippen LogP contribution in [0.3, 0.4) is 0 Å². The van der Waals surface area contributed by atoms with E-state index in [0.29, 0.717) is 11.5 Å². The molecule has 0 aromatic carbocycles. The highest BCUT2D eigenvalue weighted by atomic mass is 16.4. The molecule has 0 aromatic heterocycles. The Morgan fingerprint density at radius 1 is 1.17 bits per heavy atom. The van der Waals surface area contributed by atoms with Gasteiger partial charge in [0.1, 0.15) is 0 Å². The lowest BCUT2D eigenvalue weighted by molar-refractivity contribution is -0.142. The summed E-state index contributed by atoms with van der Waals surface area (Å²) in [6.07, 6.45) is 7.92. The summed E-state index contributed by atoms with van der Waals surface area (Å²) in [5, 5.41) is 12.7. The summed E-state index contributed by atoms with van der Waals surface area (Å²) in [4.78, 5) is 10.9. The molecule has 2 N–H and O–H groups in total. The second-order valence-corrected chi connectivity index (χ2v) is 6.88. The molecule has 0 radical (unpaired) electrons. The molecule has 3 nitrogen and oxygen atoms in total. The highest BCUT2D eigenvalue weighted by Crippen LogP contribution is 2.41. The minimum atomic E-state index is -0.608. The molecule has 0 unspecified atom stereocenters. The zero-order valence-electron chi connectivity index (χ0n) is 11.7. The van der Waals surface area contributed by atoms with Gasteiger partial charge in [-0.1, -0.05) is 20.3 Å². The van der Waals surface area contributed by atoms with E-state index in [1.54, 1.807) is 0 Å². The number of aliphatic carboxylic acids is 1. The third-order valence-electron chi connectivity index (χ3n) is 5.13. The van der Waals surface area contributed by atoms with Crippen molar-refractivity contribution in [3.05, 3.63) is 0 Å². The van der Waals surface area contributed by atoms with Crippen molar-refractivity contribution in [2.24, 2.45) is 17.3 Å². The zero-order valence-corrected chi connectivity index (χ0v) is 11.7. The van der Waals surface area contributed by atoms with E-state index in [1.165, 1.54) is 19.3 Å². The summed E-state index contributed by atoms with van der Waals surface area (Å²) in [5.74, 6) is 0.186. The van der Waals surface area contributed by atoms with Crippen LogP contribution in [-0.2, 0) is 4.79 Å². The molecule has 2 aliphatic carbocycles. The Bertz CT molecular complexity index is 289. The van der Waals surface area contributed by atoms with Crippen molar-refractivity contribution >= 4 is 5.97 Å². The minimum absolute atomic E-state index is 0.0947. The normalized spacial score (nSPS) is 29.9. The molecule has 0 atom stereocenters. The monoisotopic (exact) mass is 253 g/mol. The van der Waals surface area contributed by atoms with Gasteiger partial charge in [0.25, 0.3) is 0 Å². The van der Waals surface area contributed by atoms with Crippen molar-refractivity contribution in [1.29, 1.82) is 0 Å². The van der Waals surface area contributed by atoms with Crippen molar-refractivity contribution in [3.8, 4) is 0 Å². The van der Waals surface area contributed by atoms with Gasteiger partial charge in [-0.05, 0) is 49.9 Å². The number of nitrogens with one attached hydrogen (secondary N) is 1. The van der Waals surface area contributed by atoms with Gasteiger partial charge in [0, 0.05) is 12.6 Å². The van der Waals surface area contributed by atoms with Crippen molar-refractivity contribution in [2.45, 2.75) is 64.8 Å². The lowest BCUT2D eigenvalue weighted by atomic mass is 9.67. The lowest BCUT2D eigenvalue weighted by Crippen LogP contribution is -2.44. The van der Waals surface area contributed by atoms with Gasteiger partial charge in [-0.15, -0.1) is 0 Å². The number of rotatable bonds is 5. The van der Waals surface area contributed by atoms with Crippen LogP contribution < -0.4 is 5.32 Å². The predicted octanol–water partition coefficient (Wildman–Crippen LogP) is 3.05. The molecule has 0 heterocycles.